The quantitative estimate of drug-likeness (QED) is 0.520. The SMILES string of the molecule is O=C(O)[C@H]1[C@H](C(=O)Nc2ccc(Br)nc2)[C@@H]2CC[C@H]1C21CC1CCC1(F)CCNCC1. The molecule has 6 nitrogen and oxygen atoms in total. The topological polar surface area (TPSA) is 91.3 Å². The Bertz CT molecular complexity index is 875. The number of nitrogens with one attached hydrogen (secondary N) is 2. The first-order valence-electron chi connectivity index (χ1n) is 11.4. The van der Waals surface area contributed by atoms with Crippen molar-refractivity contribution in [1.29, 1.82) is 0 Å². The third-order valence-corrected chi connectivity index (χ3v) is 9.12. The van der Waals surface area contributed by atoms with Crippen molar-refractivity contribution in [2.75, 3.05) is 18.4 Å². The summed E-state index contributed by atoms with van der Waals surface area (Å²) >= 11 is 3.28. The summed E-state index contributed by atoms with van der Waals surface area (Å²) < 4.78 is 15.8. The van der Waals surface area contributed by atoms with Crippen molar-refractivity contribution in [1.82, 2.24) is 10.3 Å². The fourth-order valence-corrected chi connectivity index (χ4v) is 7.49. The number of pyridine rings is 1. The van der Waals surface area contributed by atoms with Gasteiger partial charge in [0.05, 0.1) is 23.7 Å². The minimum Gasteiger partial charge on any atom is -0.481 e. The Labute approximate surface area is 189 Å². The average Bonchev–Trinajstić information content (AvgIpc) is 3.28. The molecule has 2 unspecified atom stereocenters. The maximum atomic E-state index is 15.1. The number of nitrogens with zero attached hydrogens (tertiary/aromatic N) is 1. The van der Waals surface area contributed by atoms with Crippen molar-refractivity contribution in [2.24, 2.45) is 35.0 Å². The van der Waals surface area contributed by atoms with E-state index >= 15 is 4.39 Å². The van der Waals surface area contributed by atoms with Gasteiger partial charge in [0.25, 0.3) is 0 Å². The number of piperidine rings is 1. The summed E-state index contributed by atoms with van der Waals surface area (Å²) in [6.45, 7) is 1.46. The van der Waals surface area contributed by atoms with Gasteiger partial charge < -0.3 is 15.7 Å². The normalized spacial score (nSPS) is 37.7. The van der Waals surface area contributed by atoms with Gasteiger partial charge in [0, 0.05) is 0 Å². The van der Waals surface area contributed by atoms with E-state index in [1.165, 1.54) is 0 Å². The summed E-state index contributed by atoms with van der Waals surface area (Å²) in [5.74, 6) is -1.80. The first-order chi connectivity index (χ1) is 14.8. The molecular formula is C23H29BrFN3O3. The maximum Gasteiger partial charge on any atom is 0.307 e. The third-order valence-electron chi connectivity index (χ3n) is 8.65. The number of anilines is 1. The molecule has 1 amide bonds. The number of carboxylic acid groups (broad SMARTS) is 1. The molecule has 1 saturated heterocycles. The molecule has 3 saturated carbocycles. The highest BCUT2D eigenvalue weighted by molar-refractivity contribution is 9.10. The number of hydrogen-bond acceptors (Lipinski definition) is 4. The molecule has 3 N–H and O–H groups in total. The molecule has 4 fully saturated rings. The zero-order valence-corrected chi connectivity index (χ0v) is 19.0. The van der Waals surface area contributed by atoms with Gasteiger partial charge >= 0.3 is 5.97 Å². The van der Waals surface area contributed by atoms with Gasteiger partial charge in [-0.1, -0.05) is 0 Å². The number of amides is 1. The molecule has 1 aromatic rings. The number of alkyl halides is 1. The first kappa shape index (κ1) is 21.3. The van der Waals surface area contributed by atoms with Crippen molar-refractivity contribution in [3.8, 4) is 0 Å². The Hall–Kier alpha value is -1.54. The summed E-state index contributed by atoms with van der Waals surface area (Å²) in [6.07, 6.45) is 6.76. The molecule has 0 radical (unpaired) electrons. The second-order valence-corrected chi connectivity index (χ2v) is 10.8. The van der Waals surface area contributed by atoms with Crippen LogP contribution in [0.1, 0.15) is 44.9 Å². The van der Waals surface area contributed by atoms with Crippen LogP contribution in [0.15, 0.2) is 22.9 Å². The number of aromatic nitrogens is 1. The lowest BCUT2D eigenvalue weighted by atomic mass is 9.78. The van der Waals surface area contributed by atoms with Crippen molar-refractivity contribution in [3.63, 3.8) is 0 Å². The molecule has 168 valence electrons. The lowest BCUT2D eigenvalue weighted by molar-refractivity contribution is -0.148. The van der Waals surface area contributed by atoms with Crippen LogP contribution in [0.25, 0.3) is 0 Å². The van der Waals surface area contributed by atoms with Crippen molar-refractivity contribution < 1.29 is 19.1 Å². The van der Waals surface area contributed by atoms with E-state index in [1.54, 1.807) is 18.3 Å². The van der Waals surface area contributed by atoms with Crippen LogP contribution in [-0.2, 0) is 9.59 Å². The highest BCUT2D eigenvalue weighted by atomic mass is 79.9. The van der Waals surface area contributed by atoms with E-state index in [0.29, 0.717) is 35.5 Å². The monoisotopic (exact) mass is 493 g/mol. The standard InChI is InChI=1S/C23H29BrFN3O3/c24-17-4-1-14(12-27-17)28-20(29)18-15-2-3-16(19(18)21(30)31)23(15)11-13(23)5-6-22(25)7-9-26-10-8-22/h1,4,12-13,15-16,18-19,26H,2-3,5-11H2,(H,28,29)(H,30,31)/t13?,15-,16+,18+,19+,23?/m0/s1. The summed E-state index contributed by atoms with van der Waals surface area (Å²) in [4.78, 5) is 29.6. The van der Waals surface area contributed by atoms with E-state index in [9.17, 15) is 14.7 Å². The predicted molar refractivity (Wildman–Crippen MR) is 117 cm³/mol. The van der Waals surface area contributed by atoms with Crippen molar-refractivity contribution >= 4 is 33.5 Å². The highest BCUT2D eigenvalue weighted by Crippen LogP contribution is 2.78. The molecule has 3 aliphatic carbocycles. The van der Waals surface area contributed by atoms with Crippen LogP contribution in [0.3, 0.4) is 0 Å². The fraction of sp³-hybridized carbons (Fsp3) is 0.696. The zero-order valence-electron chi connectivity index (χ0n) is 17.4. The molecule has 4 aliphatic rings. The number of carbonyl (C=O) groups excluding carboxylic acids is 1. The van der Waals surface area contributed by atoms with E-state index in [-0.39, 0.29) is 23.2 Å². The first-order valence-corrected chi connectivity index (χ1v) is 12.2. The summed E-state index contributed by atoms with van der Waals surface area (Å²) in [6, 6.07) is 3.50. The minimum atomic E-state index is -1.09. The molecule has 1 aromatic heterocycles. The number of rotatable bonds is 6. The number of hydrogen-bond donors (Lipinski definition) is 3. The third kappa shape index (κ3) is 3.59. The van der Waals surface area contributed by atoms with Gasteiger partial charge in [0.15, 0.2) is 0 Å². The van der Waals surface area contributed by atoms with Crippen LogP contribution in [0, 0.1) is 35.0 Å². The van der Waals surface area contributed by atoms with Gasteiger partial charge in [-0.3, -0.25) is 9.59 Å². The van der Waals surface area contributed by atoms with Gasteiger partial charge in [0.2, 0.25) is 5.91 Å². The van der Waals surface area contributed by atoms with Crippen LogP contribution >= 0.6 is 15.9 Å². The molecule has 2 bridgehead atoms. The molecule has 5 rings (SSSR count). The smallest absolute Gasteiger partial charge is 0.307 e. The molecule has 8 heteroatoms. The van der Waals surface area contributed by atoms with E-state index in [4.69, 9.17) is 0 Å². The number of carbonyl (C=O) groups is 2. The molecule has 1 spiro atoms. The van der Waals surface area contributed by atoms with Crippen LogP contribution in [-0.4, -0.2) is 40.7 Å². The molecule has 0 aromatic carbocycles. The largest absolute Gasteiger partial charge is 0.481 e. The van der Waals surface area contributed by atoms with E-state index in [2.05, 4.69) is 31.5 Å². The van der Waals surface area contributed by atoms with E-state index < -0.39 is 23.5 Å². The Balaban J connectivity index is 1.31. The van der Waals surface area contributed by atoms with Crippen molar-refractivity contribution in [3.05, 3.63) is 22.9 Å². The Morgan fingerprint density at radius 3 is 2.58 bits per heavy atom. The molecule has 6 atom stereocenters. The molecule has 31 heavy (non-hydrogen) atoms. The summed E-state index contributed by atoms with van der Waals surface area (Å²) in [5.41, 5.74) is -0.594. The summed E-state index contributed by atoms with van der Waals surface area (Å²) in [7, 11) is 0. The van der Waals surface area contributed by atoms with Gasteiger partial charge in [-0.15, -0.1) is 0 Å². The van der Waals surface area contributed by atoms with Crippen LogP contribution < -0.4 is 10.6 Å². The Morgan fingerprint density at radius 2 is 1.94 bits per heavy atom. The second kappa shape index (κ2) is 7.80. The van der Waals surface area contributed by atoms with Gasteiger partial charge in [-0.05, 0) is 109 Å². The molecular weight excluding hydrogens is 465 g/mol. The Kier molecular flexibility index (Phi) is 5.36. The highest BCUT2D eigenvalue weighted by Gasteiger charge is 2.75. The number of halogens is 2. The summed E-state index contributed by atoms with van der Waals surface area (Å²) in [5, 5.41) is 16.1. The van der Waals surface area contributed by atoms with E-state index in [0.717, 1.165) is 38.8 Å². The lowest BCUT2D eigenvalue weighted by Gasteiger charge is -2.30. The number of aliphatic carboxylic acids is 1. The Morgan fingerprint density at radius 1 is 1.23 bits per heavy atom. The van der Waals surface area contributed by atoms with Crippen LogP contribution in [0.2, 0.25) is 0 Å². The predicted octanol–water partition coefficient (Wildman–Crippen LogP) is 4.02. The van der Waals surface area contributed by atoms with Crippen LogP contribution in [0.4, 0.5) is 10.1 Å². The lowest BCUT2D eigenvalue weighted by Crippen LogP contribution is -2.38. The van der Waals surface area contributed by atoms with Crippen LogP contribution in [0.5, 0.6) is 0 Å². The van der Waals surface area contributed by atoms with Crippen molar-refractivity contribution in [2.45, 2.75) is 50.6 Å². The maximum absolute atomic E-state index is 15.1. The molecule has 2 heterocycles. The van der Waals surface area contributed by atoms with Gasteiger partial charge in [-0.2, -0.15) is 0 Å². The average molecular weight is 494 g/mol. The zero-order chi connectivity index (χ0) is 21.8. The van der Waals surface area contributed by atoms with Gasteiger partial charge in [0.1, 0.15) is 10.3 Å². The minimum absolute atomic E-state index is 0.0300. The number of carboxylic acids is 1. The van der Waals surface area contributed by atoms with E-state index in [1.807, 2.05) is 0 Å². The fourth-order valence-electron chi connectivity index (χ4n) is 7.25. The molecule has 1 aliphatic heterocycles. The second-order valence-electron chi connectivity index (χ2n) is 9.99. The van der Waals surface area contributed by atoms with Gasteiger partial charge in [-0.25, -0.2) is 9.37 Å².